The minimum Gasteiger partial charge on any atom is -0.563 e. The lowest BCUT2D eigenvalue weighted by molar-refractivity contribution is -0.140. The fourth-order valence-electron chi connectivity index (χ4n) is 2.52. The van der Waals surface area contributed by atoms with Crippen LogP contribution in [0.4, 0.5) is 15.3 Å². The first-order chi connectivity index (χ1) is 14.7. The van der Waals surface area contributed by atoms with Crippen molar-refractivity contribution in [1.82, 2.24) is 16.0 Å². The molecule has 0 fully saturated rings. The Morgan fingerprint density at radius 2 is 1.52 bits per heavy atom. The monoisotopic (exact) mass is 439 g/mol. The maximum atomic E-state index is 11.9. The number of carbonyl (C=O) groups is 5. The van der Waals surface area contributed by atoms with Crippen LogP contribution in [-0.2, 0) is 14.4 Å². The molecular formula is C19H27N4O8+. The van der Waals surface area contributed by atoms with Crippen LogP contribution in [0.25, 0.3) is 0 Å². The Bertz CT molecular complexity index is 771. The normalized spacial score (nSPS) is 12.1. The largest absolute Gasteiger partial charge is 0.563 e. The van der Waals surface area contributed by atoms with E-state index in [1.807, 2.05) is 6.07 Å². The van der Waals surface area contributed by atoms with Gasteiger partial charge in [0, 0.05) is 23.4 Å². The van der Waals surface area contributed by atoms with Gasteiger partial charge in [-0.3, -0.25) is 4.79 Å². The van der Waals surface area contributed by atoms with E-state index in [-0.39, 0.29) is 12.8 Å². The summed E-state index contributed by atoms with van der Waals surface area (Å²) in [6, 6.07) is 4.87. The summed E-state index contributed by atoms with van der Waals surface area (Å²) in [5.41, 5.74) is 0.637. The number of unbranched alkanes of at least 4 members (excludes halogenated alkanes) is 1. The predicted octanol–water partition coefficient (Wildman–Crippen LogP) is 0.215. The molecule has 12 heteroatoms. The molecule has 0 bridgehead atoms. The van der Waals surface area contributed by atoms with Crippen LogP contribution in [-0.4, -0.2) is 63.9 Å². The van der Waals surface area contributed by atoms with Gasteiger partial charge >= 0.3 is 30.0 Å². The first-order valence-electron chi connectivity index (χ1n) is 9.56. The van der Waals surface area contributed by atoms with Crippen LogP contribution >= 0.6 is 0 Å². The summed E-state index contributed by atoms with van der Waals surface area (Å²) in [7, 11) is 0. The molecule has 0 aliphatic heterocycles. The van der Waals surface area contributed by atoms with Crippen LogP contribution in [0.15, 0.2) is 30.3 Å². The van der Waals surface area contributed by atoms with E-state index in [1.165, 1.54) is 0 Å². The third-order valence-electron chi connectivity index (χ3n) is 4.11. The maximum Gasteiger partial charge on any atom is 0.538 e. The van der Waals surface area contributed by atoms with E-state index in [1.54, 1.807) is 24.3 Å². The highest BCUT2D eigenvalue weighted by Gasteiger charge is 2.28. The van der Waals surface area contributed by atoms with Gasteiger partial charge in [-0.2, -0.15) is 0 Å². The van der Waals surface area contributed by atoms with E-state index in [9.17, 15) is 24.0 Å². The number of carboxylic acids is 2. The molecule has 0 aliphatic carbocycles. The van der Waals surface area contributed by atoms with Gasteiger partial charge in [-0.15, -0.1) is 0 Å². The highest BCUT2D eigenvalue weighted by molar-refractivity contribution is 5.89. The summed E-state index contributed by atoms with van der Waals surface area (Å²) in [5.74, 6) is -3.67. The minimum atomic E-state index is -1.44. The van der Waals surface area contributed by atoms with Gasteiger partial charge in [-0.1, -0.05) is 18.2 Å². The van der Waals surface area contributed by atoms with Crippen LogP contribution in [0.5, 0.6) is 0 Å². The Morgan fingerprint density at radius 1 is 0.871 bits per heavy atom. The number of amides is 4. The zero-order chi connectivity index (χ0) is 23.2. The molecule has 170 valence electrons. The van der Waals surface area contributed by atoms with Gasteiger partial charge < -0.3 is 36.6 Å². The lowest BCUT2D eigenvalue weighted by Crippen LogP contribution is -2.51. The molecule has 12 nitrogen and oxygen atoms in total. The van der Waals surface area contributed by atoms with E-state index in [0.29, 0.717) is 25.1 Å². The number of aliphatic carboxylic acids is 2. The van der Waals surface area contributed by atoms with Gasteiger partial charge in [-0.25, -0.2) is 14.4 Å². The summed E-state index contributed by atoms with van der Waals surface area (Å²) in [6.07, 6.45) is 0.218. The van der Waals surface area contributed by atoms with Crippen molar-refractivity contribution in [2.45, 2.75) is 44.2 Å². The quantitative estimate of drug-likeness (QED) is 0.186. The fraction of sp³-hybridized carbons (Fsp3) is 0.421. The molecule has 4 amide bonds. The molecule has 1 aromatic rings. The number of benzene rings is 1. The number of anilines is 1. The number of carbonyl (C=O) groups excluding carboxylic acids is 3. The molecule has 0 spiro atoms. The molecule has 0 aromatic heterocycles. The van der Waals surface area contributed by atoms with E-state index in [4.69, 9.17) is 15.3 Å². The number of nitrogens with one attached hydrogen (secondary N) is 4. The van der Waals surface area contributed by atoms with Gasteiger partial charge in [0.2, 0.25) is 0 Å². The van der Waals surface area contributed by atoms with E-state index >= 15 is 0 Å². The second-order valence-electron chi connectivity index (χ2n) is 6.60. The van der Waals surface area contributed by atoms with E-state index in [2.05, 4.69) is 21.3 Å². The molecule has 2 atom stereocenters. The van der Waals surface area contributed by atoms with Gasteiger partial charge in [0.1, 0.15) is 6.04 Å². The molecule has 1 rings (SSSR count). The zero-order valence-electron chi connectivity index (χ0n) is 16.7. The van der Waals surface area contributed by atoms with Crippen molar-refractivity contribution in [3.63, 3.8) is 0 Å². The van der Waals surface area contributed by atoms with Crippen molar-refractivity contribution in [2.75, 3.05) is 11.9 Å². The number of carboxylic acid groups (broad SMARTS) is 2. The third kappa shape index (κ3) is 11.1. The van der Waals surface area contributed by atoms with Gasteiger partial charge in [0.15, 0.2) is 6.04 Å². The van der Waals surface area contributed by atoms with Crippen LogP contribution in [0, 0.1) is 0 Å². The number of urea groups is 2. The standard InChI is InChI=1S/C19H26N4O8/c24-15(25)10-9-14(17(28)29)23-19(31)22-13(16(26)27)8-4-5-11-20-18(30)21-12-6-2-1-3-7-12/h1-3,6-7,13-14H,4-5,8-11H2,(H,24,25)(H,26,27)(H,28,29)(H2,20,21,30)(H2,22,23,31)/p+1. The van der Waals surface area contributed by atoms with Gasteiger partial charge in [0.05, 0.1) is 0 Å². The van der Waals surface area contributed by atoms with E-state index in [0.717, 1.165) is 0 Å². The van der Waals surface area contributed by atoms with Crippen molar-refractivity contribution >= 4 is 35.7 Å². The predicted molar refractivity (Wildman–Crippen MR) is 110 cm³/mol. The molecule has 0 aliphatic rings. The average molecular weight is 439 g/mol. The third-order valence-corrected chi connectivity index (χ3v) is 4.11. The number of hydrogen-bond donors (Lipinski definition) is 6. The Balaban J connectivity index is 2.35. The summed E-state index contributed by atoms with van der Waals surface area (Å²) >= 11 is 0. The second kappa shape index (κ2) is 13.4. The Morgan fingerprint density at radius 3 is 2.10 bits per heavy atom. The summed E-state index contributed by atoms with van der Waals surface area (Å²) in [6.45, 7) is 0.306. The smallest absolute Gasteiger partial charge is 0.538 e. The molecular weight excluding hydrogens is 412 g/mol. The molecule has 0 heterocycles. The number of rotatable bonds is 13. The van der Waals surface area contributed by atoms with Gasteiger partial charge in [0.25, 0.3) is 0 Å². The van der Waals surface area contributed by atoms with Crippen LogP contribution in [0.2, 0.25) is 0 Å². The molecule has 31 heavy (non-hydrogen) atoms. The molecule has 0 saturated carbocycles. The lowest BCUT2D eigenvalue weighted by Gasteiger charge is -2.16. The molecule has 0 radical (unpaired) electrons. The average Bonchev–Trinajstić information content (AvgIpc) is 2.70. The summed E-state index contributed by atoms with van der Waals surface area (Å²) < 4.78 is 0. The molecule has 8 N–H and O–H groups in total. The number of para-hydroxylation sites is 1. The van der Waals surface area contributed by atoms with E-state index < -0.39 is 48.5 Å². The van der Waals surface area contributed by atoms with Crippen LogP contribution in [0.1, 0.15) is 32.1 Å². The fourth-order valence-corrected chi connectivity index (χ4v) is 2.52. The van der Waals surface area contributed by atoms with Crippen molar-refractivity contribution in [3.05, 3.63) is 30.3 Å². The minimum absolute atomic E-state index is 0.116. The molecule has 1 aromatic carbocycles. The van der Waals surface area contributed by atoms with Crippen molar-refractivity contribution in [1.29, 1.82) is 0 Å². The zero-order valence-corrected chi connectivity index (χ0v) is 16.7. The van der Waals surface area contributed by atoms with Gasteiger partial charge in [-0.05, 0) is 37.8 Å². The SMILES string of the molecule is O=C(O)CCC(NC(=O)NC(CCCCNC(=O)Nc1ccccc1)C(=O)[OH2+])C(=O)O. The Labute approximate surface area is 178 Å². The van der Waals surface area contributed by atoms with Crippen molar-refractivity contribution in [2.24, 2.45) is 0 Å². The first kappa shape index (κ1) is 25.2. The Kier molecular flexibility index (Phi) is 10.9. The van der Waals surface area contributed by atoms with Crippen molar-refractivity contribution in [3.8, 4) is 0 Å². The second-order valence-corrected chi connectivity index (χ2v) is 6.60. The highest BCUT2D eigenvalue weighted by Crippen LogP contribution is 2.05. The Hall–Kier alpha value is -3.83. The topological polar surface area (TPSA) is 197 Å². The summed E-state index contributed by atoms with van der Waals surface area (Å²) in [4.78, 5) is 56.8. The van der Waals surface area contributed by atoms with Crippen LogP contribution in [0.3, 0.4) is 0 Å². The molecule has 2 unspecified atom stereocenters. The maximum absolute atomic E-state index is 11.9. The van der Waals surface area contributed by atoms with Crippen molar-refractivity contribution < 1.29 is 39.3 Å². The first-order valence-corrected chi connectivity index (χ1v) is 9.56. The lowest BCUT2D eigenvalue weighted by atomic mass is 10.1. The molecule has 0 saturated heterocycles. The summed E-state index contributed by atoms with van der Waals surface area (Å²) in [5, 5.41) is 34.5. The van der Waals surface area contributed by atoms with Crippen LogP contribution < -0.4 is 21.3 Å². The highest BCUT2D eigenvalue weighted by atomic mass is 16.4. The number of hydrogen-bond acceptors (Lipinski definition) is 5.